The van der Waals surface area contributed by atoms with Crippen LogP contribution in [0.3, 0.4) is 0 Å². The highest BCUT2D eigenvalue weighted by atomic mass is 16.6. The van der Waals surface area contributed by atoms with Gasteiger partial charge in [-0.1, -0.05) is 207 Å². The van der Waals surface area contributed by atoms with Gasteiger partial charge in [0, 0.05) is 19.3 Å². The second-order valence-corrected chi connectivity index (χ2v) is 15.8. The molecule has 0 amide bonds. The first-order chi connectivity index (χ1) is 24.9. The topological polar surface area (TPSA) is 78.9 Å². The molecule has 0 radical (unpaired) electrons. The van der Waals surface area contributed by atoms with Crippen LogP contribution in [-0.4, -0.2) is 37.2 Å². The predicted molar refractivity (Wildman–Crippen MR) is 215 cm³/mol. The van der Waals surface area contributed by atoms with E-state index < -0.39 is 6.10 Å². The van der Waals surface area contributed by atoms with Gasteiger partial charge in [-0.05, 0) is 25.2 Å². The number of carbonyl (C=O) groups is 3. The van der Waals surface area contributed by atoms with Crippen LogP contribution in [-0.2, 0) is 28.6 Å². The molecule has 0 saturated carbocycles. The summed E-state index contributed by atoms with van der Waals surface area (Å²) < 4.78 is 16.6. The van der Waals surface area contributed by atoms with Crippen molar-refractivity contribution in [1.82, 2.24) is 0 Å². The van der Waals surface area contributed by atoms with E-state index in [0.29, 0.717) is 19.3 Å². The van der Waals surface area contributed by atoms with Gasteiger partial charge in [0.25, 0.3) is 0 Å². The molecule has 6 heteroatoms. The Morgan fingerprint density at radius 1 is 0.373 bits per heavy atom. The van der Waals surface area contributed by atoms with Crippen LogP contribution < -0.4 is 0 Å². The summed E-state index contributed by atoms with van der Waals surface area (Å²) in [7, 11) is 0. The van der Waals surface area contributed by atoms with Crippen LogP contribution in [0, 0.1) is 5.92 Å². The van der Waals surface area contributed by atoms with E-state index in [1.165, 1.54) is 141 Å². The van der Waals surface area contributed by atoms with Crippen molar-refractivity contribution < 1.29 is 28.6 Å². The lowest BCUT2D eigenvalue weighted by Gasteiger charge is -2.18. The van der Waals surface area contributed by atoms with Crippen molar-refractivity contribution in [2.45, 2.75) is 252 Å². The van der Waals surface area contributed by atoms with Crippen LogP contribution in [0.4, 0.5) is 0 Å². The minimum Gasteiger partial charge on any atom is -0.462 e. The normalized spacial score (nSPS) is 11.9. The van der Waals surface area contributed by atoms with Crippen molar-refractivity contribution in [3.05, 3.63) is 0 Å². The summed E-state index contributed by atoms with van der Waals surface area (Å²) in [5.41, 5.74) is 0. The van der Waals surface area contributed by atoms with E-state index in [1.807, 2.05) is 0 Å². The zero-order chi connectivity index (χ0) is 37.5. The van der Waals surface area contributed by atoms with Gasteiger partial charge in [0.05, 0.1) is 0 Å². The van der Waals surface area contributed by atoms with Crippen molar-refractivity contribution >= 4 is 17.9 Å². The maximum Gasteiger partial charge on any atom is 0.306 e. The molecule has 0 aromatic heterocycles. The predicted octanol–water partition coefficient (Wildman–Crippen LogP) is 13.9. The Balaban J connectivity index is 4.20. The molecule has 0 aromatic rings. The van der Waals surface area contributed by atoms with Crippen molar-refractivity contribution in [3.8, 4) is 0 Å². The lowest BCUT2D eigenvalue weighted by Crippen LogP contribution is -2.30. The molecule has 0 unspecified atom stereocenters. The van der Waals surface area contributed by atoms with Gasteiger partial charge in [-0.2, -0.15) is 0 Å². The Labute approximate surface area is 317 Å². The van der Waals surface area contributed by atoms with Crippen LogP contribution in [0.1, 0.15) is 246 Å². The maximum atomic E-state index is 12.6. The third-order valence-electron chi connectivity index (χ3n) is 10.0. The molecule has 0 saturated heterocycles. The fraction of sp³-hybridized carbons (Fsp3) is 0.933. The second kappa shape index (κ2) is 39.6. The monoisotopic (exact) mass is 723 g/mol. The molecular formula is C45H86O6. The molecule has 0 spiro atoms. The summed E-state index contributed by atoms with van der Waals surface area (Å²) >= 11 is 0. The highest BCUT2D eigenvalue weighted by Gasteiger charge is 2.19. The van der Waals surface area contributed by atoms with E-state index in [0.717, 1.165) is 63.7 Å². The molecule has 6 nitrogen and oxygen atoms in total. The molecular weight excluding hydrogens is 636 g/mol. The summed E-state index contributed by atoms with van der Waals surface area (Å²) in [6, 6.07) is 0. The number of ether oxygens (including phenoxy) is 3. The van der Waals surface area contributed by atoms with E-state index >= 15 is 0 Å². The Hall–Kier alpha value is -1.59. The number of carbonyl (C=O) groups excluding carboxylic acids is 3. The van der Waals surface area contributed by atoms with Gasteiger partial charge in [0.1, 0.15) is 13.2 Å². The summed E-state index contributed by atoms with van der Waals surface area (Å²) in [6.45, 7) is 8.90. The van der Waals surface area contributed by atoms with Gasteiger partial charge in [0.15, 0.2) is 6.10 Å². The lowest BCUT2D eigenvalue weighted by atomic mass is 10.0. The van der Waals surface area contributed by atoms with Gasteiger partial charge in [-0.25, -0.2) is 0 Å². The van der Waals surface area contributed by atoms with E-state index in [2.05, 4.69) is 27.7 Å². The first kappa shape index (κ1) is 49.4. The van der Waals surface area contributed by atoms with Gasteiger partial charge in [-0.15, -0.1) is 0 Å². The molecule has 0 aromatic carbocycles. The van der Waals surface area contributed by atoms with Crippen LogP contribution in [0.5, 0.6) is 0 Å². The van der Waals surface area contributed by atoms with Crippen LogP contribution in [0.25, 0.3) is 0 Å². The highest BCUT2D eigenvalue weighted by Crippen LogP contribution is 2.16. The number of hydrogen-bond acceptors (Lipinski definition) is 6. The highest BCUT2D eigenvalue weighted by molar-refractivity contribution is 5.71. The molecule has 0 aliphatic heterocycles. The van der Waals surface area contributed by atoms with E-state index in [9.17, 15) is 14.4 Å². The standard InChI is InChI=1S/C45H86O6/c1-5-7-9-11-13-14-15-16-17-18-19-20-21-25-28-32-36-43(46)49-39-42(51-45(48)38-34-30-23-12-10-8-6-2)40-50-44(47)37-33-29-26-22-24-27-31-35-41(3)4/h41-42H,5-40H2,1-4H3/t42-/m0/s1. The Bertz CT molecular complexity index is 766. The van der Waals surface area contributed by atoms with Crippen molar-refractivity contribution in [1.29, 1.82) is 0 Å². The minimum absolute atomic E-state index is 0.0649. The number of rotatable bonds is 40. The van der Waals surface area contributed by atoms with E-state index in [-0.39, 0.29) is 31.1 Å². The van der Waals surface area contributed by atoms with Crippen LogP contribution in [0.2, 0.25) is 0 Å². The average Bonchev–Trinajstić information content (AvgIpc) is 3.11. The SMILES string of the molecule is CCCCCCCCCCCCCCCCCCC(=O)OC[C@@H](COC(=O)CCCCCCCCCC(C)C)OC(=O)CCCCCCCCC. The van der Waals surface area contributed by atoms with Gasteiger partial charge in [0.2, 0.25) is 0 Å². The Kier molecular flexibility index (Phi) is 38.4. The summed E-state index contributed by atoms with van der Waals surface area (Å²) in [4.78, 5) is 37.5. The van der Waals surface area contributed by atoms with Crippen LogP contribution >= 0.6 is 0 Å². The summed E-state index contributed by atoms with van der Waals surface area (Å²) in [5.74, 6) is -0.0831. The Morgan fingerprint density at radius 3 is 0.961 bits per heavy atom. The Morgan fingerprint density at radius 2 is 0.647 bits per heavy atom. The third-order valence-corrected chi connectivity index (χ3v) is 10.0. The largest absolute Gasteiger partial charge is 0.462 e. The van der Waals surface area contributed by atoms with Crippen molar-refractivity contribution in [3.63, 3.8) is 0 Å². The molecule has 0 heterocycles. The molecule has 0 N–H and O–H groups in total. The van der Waals surface area contributed by atoms with Gasteiger partial charge < -0.3 is 14.2 Å². The maximum absolute atomic E-state index is 12.6. The zero-order valence-corrected chi connectivity index (χ0v) is 34.6. The quantitative estimate of drug-likeness (QED) is 0.0356. The van der Waals surface area contributed by atoms with Gasteiger partial charge >= 0.3 is 17.9 Å². The molecule has 51 heavy (non-hydrogen) atoms. The number of hydrogen-bond donors (Lipinski definition) is 0. The molecule has 1 atom stereocenters. The molecule has 0 fully saturated rings. The summed E-state index contributed by atoms with van der Waals surface area (Å²) in [5, 5.41) is 0. The van der Waals surface area contributed by atoms with Gasteiger partial charge in [-0.3, -0.25) is 14.4 Å². The van der Waals surface area contributed by atoms with E-state index in [4.69, 9.17) is 14.2 Å². The molecule has 0 bridgehead atoms. The second-order valence-electron chi connectivity index (χ2n) is 15.8. The fourth-order valence-corrected chi connectivity index (χ4v) is 6.63. The number of esters is 3. The minimum atomic E-state index is -0.758. The average molecular weight is 723 g/mol. The molecule has 0 rings (SSSR count). The fourth-order valence-electron chi connectivity index (χ4n) is 6.63. The number of unbranched alkanes of at least 4 members (excludes halogenated alkanes) is 27. The first-order valence-electron chi connectivity index (χ1n) is 22.4. The zero-order valence-electron chi connectivity index (χ0n) is 34.6. The lowest BCUT2D eigenvalue weighted by molar-refractivity contribution is -0.167. The van der Waals surface area contributed by atoms with Crippen LogP contribution in [0.15, 0.2) is 0 Å². The summed E-state index contributed by atoms with van der Waals surface area (Å²) in [6.07, 6.45) is 38.2. The third kappa shape index (κ3) is 39.5. The van der Waals surface area contributed by atoms with E-state index in [1.54, 1.807) is 0 Å². The smallest absolute Gasteiger partial charge is 0.306 e. The van der Waals surface area contributed by atoms with Crippen molar-refractivity contribution in [2.24, 2.45) is 5.92 Å². The molecule has 302 valence electrons. The molecule has 0 aliphatic carbocycles. The molecule has 0 aliphatic rings. The van der Waals surface area contributed by atoms with Crippen molar-refractivity contribution in [2.75, 3.05) is 13.2 Å². The first-order valence-corrected chi connectivity index (χ1v) is 22.4.